The molecule has 1 heterocycles. The lowest BCUT2D eigenvalue weighted by atomic mass is 10.0. The Balaban J connectivity index is 2.25. The van der Waals surface area contributed by atoms with Crippen molar-refractivity contribution in [3.8, 4) is 0 Å². The predicted octanol–water partition coefficient (Wildman–Crippen LogP) is 1.31. The van der Waals surface area contributed by atoms with E-state index < -0.39 is 0 Å². The van der Waals surface area contributed by atoms with Crippen LogP contribution in [0.4, 0.5) is 0 Å². The second-order valence-corrected chi connectivity index (χ2v) is 6.22. The molecule has 1 saturated heterocycles. The van der Waals surface area contributed by atoms with Crippen molar-refractivity contribution >= 4 is 5.96 Å². The van der Waals surface area contributed by atoms with Gasteiger partial charge in [0.1, 0.15) is 0 Å². The van der Waals surface area contributed by atoms with Crippen molar-refractivity contribution in [2.24, 2.45) is 10.9 Å². The van der Waals surface area contributed by atoms with Crippen LogP contribution in [0.2, 0.25) is 0 Å². The van der Waals surface area contributed by atoms with Gasteiger partial charge in [0.05, 0.1) is 12.7 Å². The van der Waals surface area contributed by atoms with Gasteiger partial charge in [0, 0.05) is 32.7 Å². The fraction of sp³-hybridized carbons (Fsp3) is 0.933. The molecular weight excluding hydrogens is 252 g/mol. The number of rotatable bonds is 6. The molecular formula is C15H32N4O. The number of hydrogen-bond acceptors (Lipinski definition) is 3. The molecule has 0 bridgehead atoms. The number of guanidine groups is 1. The monoisotopic (exact) mass is 284 g/mol. The smallest absolute Gasteiger partial charge is 0.191 e. The summed E-state index contributed by atoms with van der Waals surface area (Å²) in [5, 5.41) is 6.81. The van der Waals surface area contributed by atoms with Crippen LogP contribution < -0.4 is 10.6 Å². The molecule has 0 aromatic carbocycles. The Morgan fingerprint density at radius 2 is 2.10 bits per heavy atom. The first-order chi connectivity index (χ1) is 9.51. The van der Waals surface area contributed by atoms with E-state index in [4.69, 9.17) is 4.74 Å². The van der Waals surface area contributed by atoms with Crippen molar-refractivity contribution in [2.75, 3.05) is 40.3 Å². The Labute approximate surface area is 124 Å². The van der Waals surface area contributed by atoms with Crippen LogP contribution in [0.15, 0.2) is 4.99 Å². The van der Waals surface area contributed by atoms with E-state index in [9.17, 15) is 0 Å². The van der Waals surface area contributed by atoms with E-state index in [0.717, 1.165) is 38.1 Å². The first-order valence-corrected chi connectivity index (χ1v) is 7.78. The maximum absolute atomic E-state index is 5.74. The summed E-state index contributed by atoms with van der Waals surface area (Å²) in [6, 6.07) is 0.443. The minimum Gasteiger partial charge on any atom is -0.374 e. The van der Waals surface area contributed by atoms with E-state index in [-0.39, 0.29) is 6.10 Å². The van der Waals surface area contributed by atoms with Gasteiger partial charge in [-0.1, -0.05) is 13.8 Å². The molecule has 1 fully saturated rings. The van der Waals surface area contributed by atoms with Gasteiger partial charge in [0.2, 0.25) is 0 Å². The summed E-state index contributed by atoms with van der Waals surface area (Å²) < 4.78 is 5.74. The number of likely N-dealkylation sites (N-methyl/N-ethyl adjacent to an activating group) is 1. The van der Waals surface area contributed by atoms with Crippen molar-refractivity contribution in [1.29, 1.82) is 0 Å². The summed E-state index contributed by atoms with van der Waals surface area (Å²) in [6.45, 7) is 10.4. The molecule has 0 aromatic heterocycles. The summed E-state index contributed by atoms with van der Waals surface area (Å²) in [5.74, 6) is 1.62. The SMILES string of the molecule is CN=C(NCC1CN(C)CCO1)NC(C)CCC(C)C. The van der Waals surface area contributed by atoms with Crippen molar-refractivity contribution in [3.63, 3.8) is 0 Å². The van der Waals surface area contributed by atoms with Gasteiger partial charge in [-0.05, 0) is 32.7 Å². The number of hydrogen-bond donors (Lipinski definition) is 2. The van der Waals surface area contributed by atoms with E-state index in [0.29, 0.717) is 6.04 Å². The molecule has 2 unspecified atom stereocenters. The van der Waals surface area contributed by atoms with Gasteiger partial charge < -0.3 is 20.3 Å². The van der Waals surface area contributed by atoms with Gasteiger partial charge in [-0.2, -0.15) is 0 Å². The fourth-order valence-electron chi connectivity index (χ4n) is 2.28. The maximum atomic E-state index is 5.74. The van der Waals surface area contributed by atoms with Gasteiger partial charge in [-0.25, -0.2) is 0 Å². The average Bonchev–Trinajstić information content (AvgIpc) is 2.41. The van der Waals surface area contributed by atoms with Crippen molar-refractivity contribution in [3.05, 3.63) is 0 Å². The molecule has 0 spiro atoms. The molecule has 2 atom stereocenters. The van der Waals surface area contributed by atoms with E-state index in [1.54, 1.807) is 0 Å². The molecule has 5 heteroatoms. The average molecular weight is 284 g/mol. The number of morpholine rings is 1. The highest BCUT2D eigenvalue weighted by Crippen LogP contribution is 2.06. The second-order valence-electron chi connectivity index (χ2n) is 6.22. The summed E-state index contributed by atoms with van der Waals surface area (Å²) in [7, 11) is 3.95. The maximum Gasteiger partial charge on any atom is 0.191 e. The van der Waals surface area contributed by atoms with Crippen molar-refractivity contribution in [1.82, 2.24) is 15.5 Å². The Morgan fingerprint density at radius 3 is 2.70 bits per heavy atom. The molecule has 0 saturated carbocycles. The molecule has 0 radical (unpaired) electrons. The zero-order valence-electron chi connectivity index (χ0n) is 13.8. The summed E-state index contributed by atoms with van der Waals surface area (Å²) in [4.78, 5) is 6.59. The third-order valence-corrected chi connectivity index (χ3v) is 3.62. The van der Waals surface area contributed by atoms with E-state index in [1.807, 2.05) is 7.05 Å². The topological polar surface area (TPSA) is 48.9 Å². The highest BCUT2D eigenvalue weighted by atomic mass is 16.5. The van der Waals surface area contributed by atoms with Crippen LogP contribution in [0.1, 0.15) is 33.6 Å². The normalized spacial score (nSPS) is 22.9. The van der Waals surface area contributed by atoms with Crippen molar-refractivity contribution < 1.29 is 4.74 Å². The van der Waals surface area contributed by atoms with Gasteiger partial charge in [0.25, 0.3) is 0 Å². The standard InChI is InChI=1S/C15H32N4O/c1-12(2)6-7-13(3)18-15(16-4)17-10-14-11-19(5)8-9-20-14/h12-14H,6-11H2,1-5H3,(H2,16,17,18). The largest absolute Gasteiger partial charge is 0.374 e. The molecule has 1 rings (SSSR count). The molecule has 1 aliphatic heterocycles. The zero-order valence-corrected chi connectivity index (χ0v) is 13.8. The molecule has 5 nitrogen and oxygen atoms in total. The second kappa shape index (κ2) is 9.19. The molecule has 0 amide bonds. The summed E-state index contributed by atoms with van der Waals surface area (Å²) in [5.41, 5.74) is 0. The Morgan fingerprint density at radius 1 is 1.35 bits per heavy atom. The van der Waals surface area contributed by atoms with E-state index in [1.165, 1.54) is 12.8 Å². The van der Waals surface area contributed by atoms with Gasteiger partial charge in [0.15, 0.2) is 5.96 Å². The number of ether oxygens (including phenoxy) is 1. The highest BCUT2D eigenvalue weighted by molar-refractivity contribution is 5.79. The van der Waals surface area contributed by atoms with Gasteiger partial charge in [-0.15, -0.1) is 0 Å². The number of nitrogens with zero attached hydrogens (tertiary/aromatic N) is 2. The summed E-state index contributed by atoms with van der Waals surface area (Å²) >= 11 is 0. The van der Waals surface area contributed by atoms with E-state index in [2.05, 4.69) is 48.3 Å². The van der Waals surface area contributed by atoms with E-state index >= 15 is 0 Å². The highest BCUT2D eigenvalue weighted by Gasteiger charge is 2.18. The lowest BCUT2D eigenvalue weighted by molar-refractivity contribution is -0.0161. The third-order valence-electron chi connectivity index (χ3n) is 3.62. The van der Waals surface area contributed by atoms with Crippen molar-refractivity contribution in [2.45, 2.75) is 45.8 Å². The van der Waals surface area contributed by atoms with Crippen LogP contribution in [0.3, 0.4) is 0 Å². The lowest BCUT2D eigenvalue weighted by Gasteiger charge is -2.30. The molecule has 0 aliphatic carbocycles. The zero-order chi connectivity index (χ0) is 15.0. The Bertz CT molecular complexity index is 294. The molecule has 1 aliphatic rings. The molecule has 2 N–H and O–H groups in total. The molecule has 118 valence electrons. The third kappa shape index (κ3) is 7.10. The van der Waals surface area contributed by atoms with Crippen LogP contribution in [-0.4, -0.2) is 63.3 Å². The minimum absolute atomic E-state index is 0.248. The van der Waals surface area contributed by atoms with Gasteiger partial charge >= 0.3 is 0 Å². The quantitative estimate of drug-likeness (QED) is 0.570. The Hall–Kier alpha value is -0.810. The van der Waals surface area contributed by atoms with Crippen LogP contribution >= 0.6 is 0 Å². The van der Waals surface area contributed by atoms with Crippen LogP contribution in [0.5, 0.6) is 0 Å². The Kier molecular flexibility index (Phi) is 7.92. The first kappa shape index (κ1) is 17.2. The van der Waals surface area contributed by atoms with Gasteiger partial charge in [-0.3, -0.25) is 4.99 Å². The first-order valence-electron chi connectivity index (χ1n) is 7.78. The molecule has 0 aromatic rings. The van der Waals surface area contributed by atoms with Crippen LogP contribution in [-0.2, 0) is 4.74 Å². The molecule has 20 heavy (non-hydrogen) atoms. The number of nitrogens with one attached hydrogen (secondary N) is 2. The minimum atomic E-state index is 0.248. The van der Waals surface area contributed by atoms with Crippen LogP contribution in [0, 0.1) is 5.92 Å². The summed E-state index contributed by atoms with van der Waals surface area (Å²) in [6.07, 6.45) is 2.65. The predicted molar refractivity (Wildman–Crippen MR) is 85.3 cm³/mol. The lowest BCUT2D eigenvalue weighted by Crippen LogP contribution is -2.49. The fourth-order valence-corrected chi connectivity index (χ4v) is 2.28. The van der Waals surface area contributed by atoms with Crippen LogP contribution in [0.25, 0.3) is 0 Å². The number of aliphatic imine (C=N–C) groups is 1.